The molecule has 3 nitrogen and oxygen atoms in total. The van der Waals surface area contributed by atoms with Crippen molar-refractivity contribution in [2.75, 3.05) is 11.4 Å². The number of rotatable bonds is 3. The van der Waals surface area contributed by atoms with Crippen molar-refractivity contribution in [3.05, 3.63) is 29.3 Å². The van der Waals surface area contributed by atoms with Gasteiger partial charge in [0, 0.05) is 23.8 Å². The van der Waals surface area contributed by atoms with Crippen molar-refractivity contribution in [3.8, 4) is 6.07 Å². The molecule has 0 spiro atoms. The Kier molecular flexibility index (Phi) is 3.96. The molecule has 2 aliphatic rings. The predicted molar refractivity (Wildman–Crippen MR) is 83.5 cm³/mol. The summed E-state index contributed by atoms with van der Waals surface area (Å²) in [4.78, 5) is 14.4. The van der Waals surface area contributed by atoms with Crippen LogP contribution in [0.2, 0.25) is 0 Å². The fourth-order valence-corrected chi connectivity index (χ4v) is 4.06. The first kappa shape index (κ1) is 14.1. The molecule has 21 heavy (non-hydrogen) atoms. The molecule has 1 saturated heterocycles. The van der Waals surface area contributed by atoms with Crippen LogP contribution in [0.4, 0.5) is 5.69 Å². The summed E-state index contributed by atoms with van der Waals surface area (Å²) in [5.41, 5.74) is 2.39. The number of nitrogens with zero attached hydrogens (tertiary/aromatic N) is 2. The number of carbonyl (C=O) groups is 1. The number of benzene rings is 1. The summed E-state index contributed by atoms with van der Waals surface area (Å²) in [5, 5.41) is 9.16. The van der Waals surface area contributed by atoms with Gasteiger partial charge in [-0.3, -0.25) is 4.79 Å². The molecule has 1 aliphatic heterocycles. The summed E-state index contributed by atoms with van der Waals surface area (Å²) in [7, 11) is 0. The van der Waals surface area contributed by atoms with E-state index in [-0.39, 0.29) is 5.78 Å². The molecule has 1 aromatic carbocycles. The van der Waals surface area contributed by atoms with Crippen molar-refractivity contribution >= 4 is 11.5 Å². The fourth-order valence-electron chi connectivity index (χ4n) is 4.06. The SMILES string of the molecule is CC(=O)c1ccc(C#N)cc1N1CCCC1C1CCCC1. The molecule has 0 radical (unpaired) electrons. The normalized spacial score (nSPS) is 22.5. The van der Waals surface area contributed by atoms with E-state index in [4.69, 9.17) is 5.26 Å². The summed E-state index contributed by atoms with van der Waals surface area (Å²) in [6.45, 7) is 2.63. The molecule has 1 unspecified atom stereocenters. The van der Waals surface area contributed by atoms with Crippen molar-refractivity contribution in [1.29, 1.82) is 5.26 Å². The minimum absolute atomic E-state index is 0.0894. The van der Waals surface area contributed by atoms with Crippen LogP contribution >= 0.6 is 0 Å². The van der Waals surface area contributed by atoms with E-state index in [0.717, 1.165) is 23.7 Å². The second kappa shape index (κ2) is 5.89. The highest BCUT2D eigenvalue weighted by Gasteiger charge is 2.34. The maximum Gasteiger partial charge on any atom is 0.161 e. The largest absolute Gasteiger partial charge is 0.368 e. The Hall–Kier alpha value is -1.82. The third-order valence-electron chi connectivity index (χ3n) is 5.06. The summed E-state index contributed by atoms with van der Waals surface area (Å²) in [6.07, 6.45) is 7.72. The van der Waals surface area contributed by atoms with Gasteiger partial charge in [0.1, 0.15) is 0 Å². The van der Waals surface area contributed by atoms with Gasteiger partial charge in [-0.25, -0.2) is 0 Å². The highest BCUT2D eigenvalue weighted by molar-refractivity contribution is 6.00. The highest BCUT2D eigenvalue weighted by atomic mass is 16.1. The van der Waals surface area contributed by atoms with Gasteiger partial charge in [-0.15, -0.1) is 0 Å². The summed E-state index contributed by atoms with van der Waals surface area (Å²) in [5.74, 6) is 0.851. The van der Waals surface area contributed by atoms with Gasteiger partial charge in [0.15, 0.2) is 5.78 Å². The lowest BCUT2D eigenvalue weighted by Crippen LogP contribution is -2.35. The van der Waals surface area contributed by atoms with Gasteiger partial charge in [0.2, 0.25) is 0 Å². The van der Waals surface area contributed by atoms with E-state index in [2.05, 4.69) is 11.0 Å². The monoisotopic (exact) mass is 282 g/mol. The first-order valence-corrected chi connectivity index (χ1v) is 8.02. The van der Waals surface area contributed by atoms with Crippen molar-refractivity contribution in [3.63, 3.8) is 0 Å². The number of hydrogen-bond acceptors (Lipinski definition) is 3. The topological polar surface area (TPSA) is 44.1 Å². The minimum Gasteiger partial charge on any atom is -0.368 e. The van der Waals surface area contributed by atoms with Gasteiger partial charge in [-0.1, -0.05) is 12.8 Å². The molecule has 1 heterocycles. The lowest BCUT2D eigenvalue weighted by Gasteiger charge is -2.32. The van der Waals surface area contributed by atoms with E-state index in [1.165, 1.54) is 38.5 Å². The Bertz CT molecular complexity index is 581. The predicted octanol–water partition coefficient (Wildman–Crippen LogP) is 3.92. The molecule has 1 saturated carbocycles. The van der Waals surface area contributed by atoms with Gasteiger partial charge in [-0.05, 0) is 56.7 Å². The molecule has 2 fully saturated rings. The average molecular weight is 282 g/mol. The number of Topliss-reactive ketones (excluding diaryl/α,β-unsaturated/α-hetero) is 1. The molecule has 110 valence electrons. The smallest absolute Gasteiger partial charge is 0.161 e. The van der Waals surface area contributed by atoms with E-state index in [1.54, 1.807) is 13.0 Å². The van der Waals surface area contributed by atoms with Gasteiger partial charge in [0.25, 0.3) is 0 Å². The Balaban J connectivity index is 1.97. The van der Waals surface area contributed by atoms with Crippen LogP contribution in [0.15, 0.2) is 18.2 Å². The van der Waals surface area contributed by atoms with Crippen LogP contribution in [-0.2, 0) is 0 Å². The van der Waals surface area contributed by atoms with Gasteiger partial charge < -0.3 is 4.90 Å². The van der Waals surface area contributed by atoms with Crippen molar-refractivity contribution in [2.45, 2.75) is 51.5 Å². The third kappa shape index (κ3) is 2.68. The van der Waals surface area contributed by atoms with Crippen LogP contribution in [0.25, 0.3) is 0 Å². The molecular formula is C18H22N2O. The van der Waals surface area contributed by atoms with Gasteiger partial charge in [-0.2, -0.15) is 5.26 Å². The lowest BCUT2D eigenvalue weighted by molar-refractivity contribution is 0.101. The number of anilines is 1. The van der Waals surface area contributed by atoms with Crippen LogP contribution in [0.1, 0.15) is 61.4 Å². The highest BCUT2D eigenvalue weighted by Crippen LogP contribution is 2.39. The number of ketones is 1. The first-order valence-electron chi connectivity index (χ1n) is 8.02. The second-order valence-corrected chi connectivity index (χ2v) is 6.35. The molecule has 1 atom stereocenters. The summed E-state index contributed by atoms with van der Waals surface area (Å²) < 4.78 is 0. The van der Waals surface area contributed by atoms with Crippen LogP contribution in [0.3, 0.4) is 0 Å². The maximum absolute atomic E-state index is 11.9. The maximum atomic E-state index is 11.9. The second-order valence-electron chi connectivity index (χ2n) is 6.35. The van der Waals surface area contributed by atoms with Gasteiger partial charge in [0.05, 0.1) is 11.6 Å². The molecular weight excluding hydrogens is 260 g/mol. The van der Waals surface area contributed by atoms with E-state index >= 15 is 0 Å². The fraction of sp³-hybridized carbons (Fsp3) is 0.556. The molecule has 0 N–H and O–H groups in total. The summed E-state index contributed by atoms with van der Waals surface area (Å²) >= 11 is 0. The number of nitriles is 1. The van der Waals surface area contributed by atoms with Crippen LogP contribution in [0.5, 0.6) is 0 Å². The van der Waals surface area contributed by atoms with E-state index in [9.17, 15) is 4.79 Å². The number of hydrogen-bond donors (Lipinski definition) is 0. The third-order valence-corrected chi connectivity index (χ3v) is 5.06. The Labute approximate surface area is 126 Å². The number of carbonyl (C=O) groups excluding carboxylic acids is 1. The Morgan fingerprint density at radius 1 is 1.24 bits per heavy atom. The molecule has 3 rings (SSSR count). The van der Waals surface area contributed by atoms with E-state index in [0.29, 0.717) is 11.6 Å². The molecule has 0 aromatic heterocycles. The molecule has 1 aliphatic carbocycles. The molecule has 0 bridgehead atoms. The first-order chi connectivity index (χ1) is 10.2. The molecule has 3 heteroatoms. The Morgan fingerprint density at radius 3 is 2.67 bits per heavy atom. The average Bonchev–Trinajstić information content (AvgIpc) is 3.16. The van der Waals surface area contributed by atoms with Crippen molar-refractivity contribution in [1.82, 2.24) is 0 Å². The molecule has 1 aromatic rings. The lowest BCUT2D eigenvalue weighted by atomic mass is 9.94. The van der Waals surface area contributed by atoms with Crippen LogP contribution in [0, 0.1) is 17.2 Å². The molecule has 0 amide bonds. The minimum atomic E-state index is 0.0894. The Morgan fingerprint density at radius 2 is 2.00 bits per heavy atom. The van der Waals surface area contributed by atoms with Crippen LogP contribution < -0.4 is 4.90 Å². The van der Waals surface area contributed by atoms with Crippen LogP contribution in [-0.4, -0.2) is 18.4 Å². The summed E-state index contributed by atoms with van der Waals surface area (Å²) in [6, 6.07) is 8.24. The zero-order valence-corrected chi connectivity index (χ0v) is 12.6. The standard InChI is InChI=1S/C18H22N2O/c1-13(21)16-9-8-14(12-19)11-18(16)20-10-4-7-17(20)15-5-2-3-6-15/h8-9,11,15,17H,2-7,10H2,1H3. The zero-order chi connectivity index (χ0) is 14.8. The van der Waals surface area contributed by atoms with E-state index in [1.807, 2.05) is 12.1 Å². The zero-order valence-electron chi connectivity index (χ0n) is 12.6. The quantitative estimate of drug-likeness (QED) is 0.789. The van der Waals surface area contributed by atoms with Crippen molar-refractivity contribution in [2.24, 2.45) is 5.92 Å². The van der Waals surface area contributed by atoms with E-state index < -0.39 is 0 Å². The van der Waals surface area contributed by atoms with Gasteiger partial charge >= 0.3 is 0 Å². The van der Waals surface area contributed by atoms with Crippen molar-refractivity contribution < 1.29 is 4.79 Å².